The van der Waals surface area contributed by atoms with Crippen LogP contribution in [0.15, 0.2) is 59.8 Å². The van der Waals surface area contributed by atoms with E-state index < -0.39 is 0 Å². The van der Waals surface area contributed by atoms with Gasteiger partial charge in [0.1, 0.15) is 0 Å². The van der Waals surface area contributed by atoms with Crippen molar-refractivity contribution in [2.75, 3.05) is 7.05 Å². The normalized spacial score (nSPS) is 11.1. The van der Waals surface area contributed by atoms with Gasteiger partial charge >= 0.3 is 0 Å². The Kier molecular flexibility index (Phi) is 6.04. The Bertz CT molecular complexity index is 1250. The number of aromatic nitrogens is 4. The number of amides is 1. The highest BCUT2D eigenvalue weighted by atomic mass is 32.2. The average Bonchev–Trinajstić information content (AvgIpc) is 3.17. The smallest absolute Gasteiger partial charge is 0.254 e. The zero-order chi connectivity index (χ0) is 22.0. The van der Waals surface area contributed by atoms with E-state index in [1.165, 1.54) is 17.3 Å². The van der Waals surface area contributed by atoms with Crippen molar-refractivity contribution in [3.63, 3.8) is 0 Å². The molecule has 2 aromatic heterocycles. The topological polar surface area (TPSA) is 63.4 Å². The molecule has 4 aromatic rings. The van der Waals surface area contributed by atoms with E-state index in [9.17, 15) is 4.79 Å². The summed E-state index contributed by atoms with van der Waals surface area (Å²) in [5.41, 5.74) is 5.92. The molecule has 0 unspecified atom stereocenters. The van der Waals surface area contributed by atoms with Crippen molar-refractivity contribution in [3.8, 4) is 0 Å². The minimum atomic E-state index is 0.00977. The SMILES string of the molecule is Cc1cc(C)n2nc(SCc3ccccc3C(=O)N(C)Cc3ccccc3C)nc2n1. The largest absolute Gasteiger partial charge is 0.337 e. The summed E-state index contributed by atoms with van der Waals surface area (Å²) in [6, 6.07) is 17.9. The highest BCUT2D eigenvalue weighted by molar-refractivity contribution is 7.98. The lowest BCUT2D eigenvalue weighted by Gasteiger charge is -2.20. The number of hydrogen-bond acceptors (Lipinski definition) is 5. The molecule has 6 nitrogen and oxygen atoms in total. The van der Waals surface area contributed by atoms with E-state index in [1.807, 2.05) is 63.4 Å². The van der Waals surface area contributed by atoms with Crippen LogP contribution in [-0.2, 0) is 12.3 Å². The number of aryl methyl sites for hydroxylation is 3. The summed E-state index contributed by atoms with van der Waals surface area (Å²) < 4.78 is 1.75. The van der Waals surface area contributed by atoms with Gasteiger partial charge in [-0.05, 0) is 49.6 Å². The van der Waals surface area contributed by atoms with E-state index in [1.54, 1.807) is 9.42 Å². The van der Waals surface area contributed by atoms with Gasteiger partial charge in [0, 0.05) is 36.3 Å². The molecule has 158 valence electrons. The Morgan fingerprint density at radius 3 is 2.48 bits per heavy atom. The van der Waals surface area contributed by atoms with Crippen molar-refractivity contribution < 1.29 is 4.79 Å². The van der Waals surface area contributed by atoms with Crippen molar-refractivity contribution >= 4 is 23.4 Å². The molecule has 2 aromatic carbocycles. The molecule has 0 saturated carbocycles. The maximum atomic E-state index is 13.2. The van der Waals surface area contributed by atoms with Crippen molar-refractivity contribution in [3.05, 3.63) is 88.2 Å². The van der Waals surface area contributed by atoms with Gasteiger partial charge in [0.15, 0.2) is 0 Å². The number of thioether (sulfide) groups is 1. The monoisotopic (exact) mass is 431 g/mol. The zero-order valence-corrected chi connectivity index (χ0v) is 19.0. The first-order valence-electron chi connectivity index (χ1n) is 10.1. The third kappa shape index (κ3) is 4.61. The predicted octanol–water partition coefficient (Wildman–Crippen LogP) is 4.61. The molecule has 7 heteroatoms. The molecular weight excluding hydrogens is 406 g/mol. The minimum absolute atomic E-state index is 0.00977. The highest BCUT2D eigenvalue weighted by Crippen LogP contribution is 2.24. The van der Waals surface area contributed by atoms with Crippen LogP contribution in [0.5, 0.6) is 0 Å². The summed E-state index contributed by atoms with van der Waals surface area (Å²) in [7, 11) is 1.85. The summed E-state index contributed by atoms with van der Waals surface area (Å²) in [5, 5.41) is 5.20. The van der Waals surface area contributed by atoms with Gasteiger partial charge in [0.05, 0.1) is 0 Å². The predicted molar refractivity (Wildman–Crippen MR) is 123 cm³/mol. The van der Waals surface area contributed by atoms with E-state index in [0.717, 1.165) is 22.5 Å². The quantitative estimate of drug-likeness (QED) is 0.417. The first-order chi connectivity index (χ1) is 14.9. The van der Waals surface area contributed by atoms with E-state index in [0.29, 0.717) is 28.8 Å². The molecular formula is C24H25N5OS. The molecule has 1 amide bonds. The number of rotatable bonds is 6. The molecule has 0 radical (unpaired) electrons. The average molecular weight is 432 g/mol. The summed E-state index contributed by atoms with van der Waals surface area (Å²) in [4.78, 5) is 23.9. The molecule has 31 heavy (non-hydrogen) atoms. The lowest BCUT2D eigenvalue weighted by molar-refractivity contribution is 0.0784. The number of carbonyl (C=O) groups is 1. The van der Waals surface area contributed by atoms with E-state index in [-0.39, 0.29) is 5.91 Å². The van der Waals surface area contributed by atoms with Crippen LogP contribution in [0.2, 0.25) is 0 Å². The van der Waals surface area contributed by atoms with Gasteiger partial charge in [-0.1, -0.05) is 54.2 Å². The van der Waals surface area contributed by atoms with E-state index >= 15 is 0 Å². The van der Waals surface area contributed by atoms with Gasteiger partial charge in [0.25, 0.3) is 11.7 Å². The number of fused-ring (bicyclic) bond motifs is 1. The van der Waals surface area contributed by atoms with E-state index in [2.05, 4.69) is 34.1 Å². The third-order valence-electron chi connectivity index (χ3n) is 5.22. The molecule has 0 aliphatic carbocycles. The van der Waals surface area contributed by atoms with E-state index in [4.69, 9.17) is 0 Å². The van der Waals surface area contributed by atoms with Crippen molar-refractivity contribution in [2.45, 2.75) is 38.2 Å². The molecule has 4 rings (SSSR count). The second-order valence-corrected chi connectivity index (χ2v) is 8.62. The molecule has 0 aliphatic heterocycles. The Balaban J connectivity index is 1.51. The van der Waals surface area contributed by atoms with Crippen molar-refractivity contribution in [2.24, 2.45) is 0 Å². The Labute approximate surface area is 186 Å². The number of carbonyl (C=O) groups excluding carboxylic acids is 1. The molecule has 0 spiro atoms. The van der Waals surface area contributed by atoms with Gasteiger partial charge in [-0.15, -0.1) is 5.10 Å². The van der Waals surface area contributed by atoms with Gasteiger partial charge in [-0.3, -0.25) is 4.79 Å². The molecule has 0 N–H and O–H groups in total. The van der Waals surface area contributed by atoms with Gasteiger partial charge < -0.3 is 4.90 Å². The van der Waals surface area contributed by atoms with Crippen molar-refractivity contribution in [1.82, 2.24) is 24.5 Å². The minimum Gasteiger partial charge on any atom is -0.337 e. The number of nitrogens with zero attached hydrogens (tertiary/aromatic N) is 5. The van der Waals surface area contributed by atoms with Gasteiger partial charge in [-0.25, -0.2) is 9.50 Å². The Morgan fingerprint density at radius 1 is 1.00 bits per heavy atom. The van der Waals surface area contributed by atoms with Crippen LogP contribution in [0.4, 0.5) is 0 Å². The second kappa shape index (κ2) is 8.89. The first kappa shape index (κ1) is 21.1. The molecule has 0 saturated heterocycles. The Morgan fingerprint density at radius 2 is 1.71 bits per heavy atom. The van der Waals surface area contributed by atoms with Crippen LogP contribution < -0.4 is 0 Å². The number of benzene rings is 2. The Hall–Kier alpha value is -3.19. The standard InChI is InChI=1S/C24H25N5OS/c1-16-9-5-6-10-19(16)14-28(4)22(30)21-12-8-7-11-20(21)15-31-24-26-23-25-17(2)13-18(3)29(23)27-24/h5-13H,14-15H2,1-4H3. The van der Waals surface area contributed by atoms with Crippen LogP contribution in [0.1, 0.15) is 38.4 Å². The summed E-state index contributed by atoms with van der Waals surface area (Å²) in [6.07, 6.45) is 0. The van der Waals surface area contributed by atoms with Gasteiger partial charge in [-0.2, -0.15) is 4.98 Å². The van der Waals surface area contributed by atoms with Crippen LogP contribution in [0.3, 0.4) is 0 Å². The summed E-state index contributed by atoms with van der Waals surface area (Å²) >= 11 is 1.51. The zero-order valence-electron chi connectivity index (χ0n) is 18.2. The van der Waals surface area contributed by atoms with Crippen molar-refractivity contribution in [1.29, 1.82) is 0 Å². The van der Waals surface area contributed by atoms with Gasteiger partial charge in [0.2, 0.25) is 5.16 Å². The van der Waals surface area contributed by atoms with Crippen LogP contribution in [0.25, 0.3) is 5.78 Å². The maximum Gasteiger partial charge on any atom is 0.254 e. The summed E-state index contributed by atoms with van der Waals surface area (Å²) in [5.74, 6) is 1.22. The molecule has 0 atom stereocenters. The third-order valence-corrected chi connectivity index (χ3v) is 6.11. The van der Waals surface area contributed by atoms with Crippen LogP contribution in [0, 0.1) is 20.8 Å². The molecule has 2 heterocycles. The summed E-state index contributed by atoms with van der Waals surface area (Å²) in [6.45, 7) is 6.58. The highest BCUT2D eigenvalue weighted by Gasteiger charge is 2.17. The van der Waals surface area contributed by atoms with Crippen LogP contribution in [-0.4, -0.2) is 37.4 Å². The number of hydrogen-bond donors (Lipinski definition) is 0. The maximum absolute atomic E-state index is 13.2. The lowest BCUT2D eigenvalue weighted by Crippen LogP contribution is -2.27. The second-order valence-electron chi connectivity index (χ2n) is 7.68. The molecule has 0 aliphatic rings. The fourth-order valence-electron chi connectivity index (χ4n) is 3.53. The first-order valence-corrected chi connectivity index (χ1v) is 11.1. The fourth-order valence-corrected chi connectivity index (χ4v) is 4.35. The molecule has 0 fully saturated rings. The molecule has 0 bridgehead atoms. The van der Waals surface area contributed by atoms with Crippen LogP contribution >= 0.6 is 11.8 Å². The lowest BCUT2D eigenvalue weighted by atomic mass is 10.1. The fraction of sp³-hybridized carbons (Fsp3) is 0.250.